The Labute approximate surface area is 130 Å². The average molecular weight is 349 g/mol. The predicted octanol–water partition coefficient (Wildman–Crippen LogP) is 4.43. The van der Waals surface area contributed by atoms with Crippen LogP contribution in [-0.4, -0.2) is 11.5 Å². The molecular formula is C16H14BrFN2O. The molecule has 0 amide bonds. The third kappa shape index (κ3) is 2.84. The third-order valence-corrected chi connectivity index (χ3v) is 3.89. The molecule has 0 aliphatic heterocycles. The van der Waals surface area contributed by atoms with Crippen LogP contribution in [0.15, 0.2) is 51.6 Å². The zero-order valence-electron chi connectivity index (χ0n) is 11.4. The van der Waals surface area contributed by atoms with E-state index < -0.39 is 0 Å². The predicted molar refractivity (Wildman–Crippen MR) is 83.6 cm³/mol. The number of rotatable bonds is 4. The molecule has 3 rings (SSSR count). The summed E-state index contributed by atoms with van der Waals surface area (Å²) < 4.78 is 20.3. The van der Waals surface area contributed by atoms with Gasteiger partial charge in [-0.1, -0.05) is 19.1 Å². The SMILES string of the molecule is CCNC(c1cncc(F)c1)c1cc2cccc(Br)c2o1. The van der Waals surface area contributed by atoms with Gasteiger partial charge in [0.25, 0.3) is 0 Å². The van der Waals surface area contributed by atoms with Crippen LogP contribution in [0.4, 0.5) is 4.39 Å². The molecule has 0 bridgehead atoms. The molecule has 0 aliphatic carbocycles. The van der Waals surface area contributed by atoms with E-state index in [2.05, 4.69) is 26.2 Å². The second-order valence-corrected chi connectivity index (χ2v) is 5.59. The summed E-state index contributed by atoms with van der Waals surface area (Å²) in [5, 5.41) is 4.31. The number of para-hydroxylation sites is 1. The Morgan fingerprint density at radius 3 is 2.90 bits per heavy atom. The number of hydrogen-bond acceptors (Lipinski definition) is 3. The smallest absolute Gasteiger partial charge is 0.148 e. The number of hydrogen-bond donors (Lipinski definition) is 1. The van der Waals surface area contributed by atoms with E-state index >= 15 is 0 Å². The topological polar surface area (TPSA) is 38.1 Å². The van der Waals surface area contributed by atoms with Crippen molar-refractivity contribution in [2.75, 3.05) is 6.54 Å². The lowest BCUT2D eigenvalue weighted by molar-refractivity contribution is 0.473. The molecule has 0 spiro atoms. The van der Waals surface area contributed by atoms with Crippen LogP contribution in [0.25, 0.3) is 11.0 Å². The van der Waals surface area contributed by atoms with Crippen molar-refractivity contribution < 1.29 is 8.81 Å². The standard InChI is InChI=1S/C16H14BrFN2O/c1-2-20-15(11-6-12(18)9-19-8-11)14-7-10-4-3-5-13(17)16(10)21-14/h3-9,15,20H,2H2,1H3. The van der Waals surface area contributed by atoms with Crippen molar-refractivity contribution in [3.05, 3.63) is 64.3 Å². The molecule has 1 unspecified atom stereocenters. The van der Waals surface area contributed by atoms with Crippen molar-refractivity contribution in [1.29, 1.82) is 0 Å². The molecule has 2 heterocycles. The van der Waals surface area contributed by atoms with Gasteiger partial charge in [-0.25, -0.2) is 4.39 Å². The van der Waals surface area contributed by atoms with E-state index in [-0.39, 0.29) is 11.9 Å². The van der Waals surface area contributed by atoms with Crippen LogP contribution in [0.1, 0.15) is 24.3 Å². The van der Waals surface area contributed by atoms with Gasteiger partial charge in [0.05, 0.1) is 16.7 Å². The van der Waals surface area contributed by atoms with Crippen LogP contribution in [0.3, 0.4) is 0 Å². The second kappa shape index (κ2) is 5.95. The minimum atomic E-state index is -0.354. The molecular weight excluding hydrogens is 335 g/mol. The Hall–Kier alpha value is -1.72. The number of benzene rings is 1. The van der Waals surface area contributed by atoms with E-state index in [0.717, 1.165) is 33.3 Å². The molecule has 108 valence electrons. The van der Waals surface area contributed by atoms with Gasteiger partial charge >= 0.3 is 0 Å². The van der Waals surface area contributed by atoms with Gasteiger partial charge in [0.15, 0.2) is 0 Å². The first-order chi connectivity index (χ1) is 10.2. The van der Waals surface area contributed by atoms with Gasteiger partial charge in [-0.15, -0.1) is 0 Å². The van der Waals surface area contributed by atoms with E-state index in [1.165, 1.54) is 12.3 Å². The highest BCUT2D eigenvalue weighted by Gasteiger charge is 2.19. The molecule has 0 saturated carbocycles. The fraction of sp³-hybridized carbons (Fsp3) is 0.188. The summed E-state index contributed by atoms with van der Waals surface area (Å²) in [7, 11) is 0. The van der Waals surface area contributed by atoms with Gasteiger partial charge in [0.2, 0.25) is 0 Å². The number of pyridine rings is 1. The zero-order chi connectivity index (χ0) is 14.8. The lowest BCUT2D eigenvalue weighted by Gasteiger charge is -2.15. The molecule has 1 N–H and O–H groups in total. The van der Waals surface area contributed by atoms with Gasteiger partial charge in [0.1, 0.15) is 17.2 Å². The summed E-state index contributed by atoms with van der Waals surface area (Å²) in [5.41, 5.74) is 1.53. The molecule has 0 fully saturated rings. The monoisotopic (exact) mass is 348 g/mol. The van der Waals surface area contributed by atoms with Crippen LogP contribution in [0, 0.1) is 5.82 Å². The number of nitrogens with one attached hydrogen (secondary N) is 1. The van der Waals surface area contributed by atoms with Crippen LogP contribution in [0.5, 0.6) is 0 Å². The maximum atomic E-state index is 13.4. The number of furan rings is 1. The molecule has 21 heavy (non-hydrogen) atoms. The molecule has 5 heteroatoms. The number of fused-ring (bicyclic) bond motifs is 1. The van der Waals surface area contributed by atoms with E-state index in [0.29, 0.717) is 0 Å². The van der Waals surface area contributed by atoms with Crippen LogP contribution in [0.2, 0.25) is 0 Å². The molecule has 1 atom stereocenters. The Bertz CT molecular complexity index is 772. The quantitative estimate of drug-likeness (QED) is 0.757. The largest absolute Gasteiger partial charge is 0.458 e. The van der Waals surface area contributed by atoms with Gasteiger partial charge in [-0.2, -0.15) is 0 Å². The Morgan fingerprint density at radius 2 is 2.19 bits per heavy atom. The minimum Gasteiger partial charge on any atom is -0.458 e. The lowest BCUT2D eigenvalue weighted by atomic mass is 10.1. The van der Waals surface area contributed by atoms with Crippen molar-refractivity contribution in [2.45, 2.75) is 13.0 Å². The van der Waals surface area contributed by atoms with E-state index in [1.54, 1.807) is 6.20 Å². The second-order valence-electron chi connectivity index (χ2n) is 4.73. The van der Waals surface area contributed by atoms with E-state index in [4.69, 9.17) is 4.42 Å². The maximum Gasteiger partial charge on any atom is 0.148 e. The molecule has 2 aromatic heterocycles. The summed E-state index contributed by atoms with van der Waals surface area (Å²) in [6, 6.07) is 9.10. The normalized spacial score (nSPS) is 12.7. The van der Waals surface area contributed by atoms with E-state index in [9.17, 15) is 4.39 Å². The fourth-order valence-corrected chi connectivity index (χ4v) is 2.83. The summed E-state index contributed by atoms with van der Waals surface area (Å²) in [5.74, 6) is 0.388. The van der Waals surface area contributed by atoms with Gasteiger partial charge in [0, 0.05) is 11.6 Å². The van der Waals surface area contributed by atoms with Crippen LogP contribution >= 0.6 is 15.9 Å². The Kier molecular flexibility index (Phi) is 4.03. The molecule has 1 aromatic carbocycles. The van der Waals surface area contributed by atoms with E-state index in [1.807, 2.05) is 31.2 Å². The Balaban J connectivity index is 2.09. The Morgan fingerprint density at radius 1 is 1.33 bits per heavy atom. The van der Waals surface area contributed by atoms with Crippen LogP contribution in [-0.2, 0) is 0 Å². The van der Waals surface area contributed by atoms with Gasteiger partial charge < -0.3 is 9.73 Å². The highest BCUT2D eigenvalue weighted by Crippen LogP contribution is 2.32. The first-order valence-corrected chi connectivity index (χ1v) is 7.50. The molecule has 0 saturated heterocycles. The van der Waals surface area contributed by atoms with Crippen molar-refractivity contribution in [1.82, 2.24) is 10.3 Å². The van der Waals surface area contributed by atoms with Gasteiger partial charge in [-0.3, -0.25) is 4.98 Å². The number of aromatic nitrogens is 1. The molecule has 0 aliphatic rings. The van der Waals surface area contributed by atoms with Crippen molar-refractivity contribution >= 4 is 26.9 Å². The number of halogens is 2. The zero-order valence-corrected chi connectivity index (χ0v) is 13.0. The molecule has 3 aromatic rings. The first kappa shape index (κ1) is 14.2. The van der Waals surface area contributed by atoms with Crippen molar-refractivity contribution in [3.63, 3.8) is 0 Å². The molecule has 0 radical (unpaired) electrons. The fourth-order valence-electron chi connectivity index (χ4n) is 2.36. The summed E-state index contributed by atoms with van der Waals surface area (Å²) in [6.07, 6.45) is 2.85. The maximum absolute atomic E-state index is 13.4. The average Bonchev–Trinajstić information content (AvgIpc) is 2.90. The number of nitrogens with zero attached hydrogens (tertiary/aromatic N) is 1. The lowest BCUT2D eigenvalue weighted by Crippen LogP contribution is -2.21. The highest BCUT2D eigenvalue weighted by molar-refractivity contribution is 9.10. The summed E-state index contributed by atoms with van der Waals surface area (Å²) in [4.78, 5) is 3.92. The molecule has 3 nitrogen and oxygen atoms in total. The minimum absolute atomic E-state index is 0.225. The van der Waals surface area contributed by atoms with Crippen molar-refractivity contribution in [2.24, 2.45) is 0 Å². The first-order valence-electron chi connectivity index (χ1n) is 6.71. The highest BCUT2D eigenvalue weighted by atomic mass is 79.9. The van der Waals surface area contributed by atoms with Crippen LogP contribution < -0.4 is 5.32 Å². The summed E-state index contributed by atoms with van der Waals surface area (Å²) in [6.45, 7) is 2.73. The van der Waals surface area contributed by atoms with Crippen molar-refractivity contribution in [3.8, 4) is 0 Å². The summed E-state index contributed by atoms with van der Waals surface area (Å²) >= 11 is 3.48. The van der Waals surface area contributed by atoms with Gasteiger partial charge in [-0.05, 0) is 46.2 Å². The third-order valence-electron chi connectivity index (χ3n) is 3.27.